The van der Waals surface area contributed by atoms with Crippen molar-refractivity contribution in [2.24, 2.45) is 10.1 Å². The number of nitrogens with one attached hydrogen (secondary N) is 2. The molecule has 242 valence electrons. The lowest BCUT2D eigenvalue weighted by Crippen LogP contribution is -2.53. The molecule has 12 nitrogen and oxygen atoms in total. The smallest absolute Gasteiger partial charge is 0.266 e. The number of rotatable bonds is 15. The van der Waals surface area contributed by atoms with E-state index in [1.165, 1.54) is 0 Å². The summed E-state index contributed by atoms with van der Waals surface area (Å²) in [6.07, 6.45) is -0.261. The first-order valence-electron chi connectivity index (χ1n) is 15.0. The van der Waals surface area contributed by atoms with Crippen LogP contribution in [0.3, 0.4) is 0 Å². The Labute approximate surface area is 272 Å². The lowest BCUT2D eigenvalue weighted by molar-refractivity contribution is -0.130. The normalized spacial score (nSPS) is 16.7. The van der Waals surface area contributed by atoms with E-state index < -0.39 is 17.6 Å². The molecule has 4 aromatic carbocycles. The van der Waals surface area contributed by atoms with Crippen molar-refractivity contribution in [2.45, 2.75) is 31.0 Å². The van der Waals surface area contributed by atoms with Crippen molar-refractivity contribution in [3.63, 3.8) is 0 Å². The van der Waals surface area contributed by atoms with Crippen molar-refractivity contribution >= 4 is 17.5 Å². The fourth-order valence-electron chi connectivity index (χ4n) is 5.34. The van der Waals surface area contributed by atoms with Gasteiger partial charge in [-0.2, -0.15) is 0 Å². The molecule has 0 saturated heterocycles. The molecular weight excluding hydrogens is 600 g/mol. The highest BCUT2D eigenvalue weighted by Crippen LogP contribution is 2.45. The first-order valence-corrected chi connectivity index (χ1v) is 15.0. The molecule has 0 spiro atoms. The summed E-state index contributed by atoms with van der Waals surface area (Å²) >= 11 is 0. The van der Waals surface area contributed by atoms with Gasteiger partial charge in [-0.1, -0.05) is 65.8 Å². The Kier molecular flexibility index (Phi) is 10.9. The minimum absolute atomic E-state index is 0.0378. The van der Waals surface area contributed by atoms with Crippen LogP contribution in [0.4, 0.5) is 5.69 Å². The highest BCUT2D eigenvalue weighted by Gasteiger charge is 2.54. The van der Waals surface area contributed by atoms with E-state index in [1.54, 1.807) is 68.8 Å². The fraction of sp³-hybridized carbons (Fsp3) is 0.257. The van der Waals surface area contributed by atoms with Crippen molar-refractivity contribution in [1.82, 2.24) is 10.9 Å². The van der Waals surface area contributed by atoms with Gasteiger partial charge in [0.05, 0.1) is 20.8 Å². The average molecular weight is 637 g/mol. The summed E-state index contributed by atoms with van der Waals surface area (Å²) in [5.74, 6) is 1.59. The predicted octanol–water partition coefficient (Wildman–Crippen LogP) is 5.73. The third-order valence-electron chi connectivity index (χ3n) is 7.66. The molecule has 0 bridgehead atoms. The maximum absolute atomic E-state index is 14.5. The molecule has 0 radical (unpaired) electrons. The number of hydrogen-bond donors (Lipinski definition) is 3. The Morgan fingerprint density at radius 2 is 1.72 bits per heavy atom. The molecule has 12 heteroatoms. The number of ether oxygens (including phenoxy) is 4. The van der Waals surface area contributed by atoms with Crippen LogP contribution in [0.25, 0.3) is 10.4 Å². The molecule has 47 heavy (non-hydrogen) atoms. The van der Waals surface area contributed by atoms with Crippen LogP contribution in [-0.4, -0.2) is 49.9 Å². The van der Waals surface area contributed by atoms with Gasteiger partial charge in [-0.05, 0) is 53.1 Å². The van der Waals surface area contributed by atoms with E-state index in [9.17, 15) is 10.3 Å². The van der Waals surface area contributed by atoms with Crippen LogP contribution >= 0.6 is 0 Å². The maximum atomic E-state index is 14.5. The molecule has 0 aliphatic carbocycles. The number of carbonyl (C=O) groups is 1. The van der Waals surface area contributed by atoms with Crippen LogP contribution < -0.4 is 25.1 Å². The van der Waals surface area contributed by atoms with Crippen LogP contribution in [0.1, 0.15) is 34.8 Å². The highest BCUT2D eigenvalue weighted by atomic mass is 16.5. The van der Waals surface area contributed by atoms with E-state index in [0.717, 1.165) is 11.1 Å². The number of amides is 1. The Morgan fingerprint density at radius 1 is 0.979 bits per heavy atom. The second-order valence-electron chi connectivity index (χ2n) is 10.7. The molecule has 4 aromatic rings. The third-order valence-corrected chi connectivity index (χ3v) is 7.66. The number of benzene rings is 4. The van der Waals surface area contributed by atoms with Crippen LogP contribution in [-0.2, 0) is 22.5 Å². The van der Waals surface area contributed by atoms with Gasteiger partial charge in [0.15, 0.2) is 23.1 Å². The fourth-order valence-corrected chi connectivity index (χ4v) is 5.34. The minimum Gasteiger partial charge on any atom is -0.494 e. The number of hydrogen-bond acceptors (Lipinski definition) is 9. The minimum atomic E-state index is -1.52. The summed E-state index contributed by atoms with van der Waals surface area (Å²) < 4.78 is 23.0. The second kappa shape index (κ2) is 15.6. The zero-order valence-electron chi connectivity index (χ0n) is 26.1. The number of aliphatic hydroxyl groups is 1. The van der Waals surface area contributed by atoms with E-state index in [4.69, 9.17) is 29.0 Å². The van der Waals surface area contributed by atoms with Gasteiger partial charge in [0.1, 0.15) is 5.75 Å². The summed E-state index contributed by atoms with van der Waals surface area (Å²) in [4.78, 5) is 22.5. The maximum Gasteiger partial charge on any atom is 0.266 e. The van der Waals surface area contributed by atoms with Gasteiger partial charge >= 0.3 is 0 Å². The number of azide groups is 1. The summed E-state index contributed by atoms with van der Waals surface area (Å²) in [6.45, 7) is 0.695. The molecule has 2 atom stereocenters. The van der Waals surface area contributed by atoms with Crippen LogP contribution in [0.15, 0.2) is 107 Å². The Bertz CT molecular complexity index is 1740. The zero-order chi connectivity index (χ0) is 33.1. The van der Waals surface area contributed by atoms with Gasteiger partial charge < -0.3 is 24.1 Å². The van der Waals surface area contributed by atoms with Crippen molar-refractivity contribution in [3.8, 4) is 17.2 Å². The molecular formula is C35H36N6O6. The molecule has 1 heterocycles. The van der Waals surface area contributed by atoms with E-state index in [1.807, 2.05) is 42.5 Å². The van der Waals surface area contributed by atoms with Crippen molar-refractivity contribution in [2.75, 3.05) is 27.4 Å². The van der Waals surface area contributed by atoms with Crippen molar-refractivity contribution in [3.05, 3.63) is 130 Å². The summed E-state index contributed by atoms with van der Waals surface area (Å²) in [7, 11) is 3.13. The Morgan fingerprint density at radius 3 is 2.45 bits per heavy atom. The zero-order valence-corrected chi connectivity index (χ0v) is 26.1. The van der Waals surface area contributed by atoms with Gasteiger partial charge in [0.2, 0.25) is 5.90 Å². The topological polar surface area (TPSA) is 159 Å². The van der Waals surface area contributed by atoms with Crippen LogP contribution in [0, 0.1) is 0 Å². The summed E-state index contributed by atoms with van der Waals surface area (Å²) in [5, 5.41) is 13.0. The first kappa shape index (κ1) is 32.8. The van der Waals surface area contributed by atoms with E-state index >= 15 is 0 Å². The van der Waals surface area contributed by atoms with E-state index in [0.29, 0.717) is 47.1 Å². The SMILES string of the molecule is COc1ccc(CNNC(=O)[C@@]2(Cc3ccccc3)N=C(c3ccc(OCCCO)cc3)O[C@H]2c2ccccc2N=[N+]=[N-])cc1OC. The number of hydrazine groups is 1. The van der Waals surface area contributed by atoms with Gasteiger partial charge in [0, 0.05) is 47.7 Å². The van der Waals surface area contributed by atoms with Crippen LogP contribution in [0.2, 0.25) is 0 Å². The number of aliphatic imine (C=N–C) groups is 1. The number of aliphatic hydroxyl groups excluding tert-OH is 1. The standard InChI is InChI=1S/C35H36N6O6/c1-44-30-18-13-25(21-31(30)45-2)23-37-40-34(43)35(22-24-9-4-3-5-10-24)32(28-11-6-7-12-29(28)39-41-36)47-33(38-35)26-14-16-27(17-15-26)46-20-8-19-42/h3-7,9-18,21,32,37,42H,8,19-20,22-23H2,1-2H3,(H,40,43)/t32-,35-/m0/s1. The largest absolute Gasteiger partial charge is 0.494 e. The molecule has 1 aliphatic rings. The van der Waals surface area contributed by atoms with E-state index in [2.05, 4.69) is 20.9 Å². The third kappa shape index (κ3) is 7.64. The van der Waals surface area contributed by atoms with Gasteiger partial charge in [-0.25, -0.2) is 10.4 Å². The summed E-state index contributed by atoms with van der Waals surface area (Å²) in [5.41, 5.74) is 16.9. The monoisotopic (exact) mass is 636 g/mol. The quantitative estimate of drug-likeness (QED) is 0.0494. The Balaban J connectivity index is 1.53. The molecule has 0 saturated carbocycles. The number of nitrogens with zero attached hydrogens (tertiary/aromatic N) is 4. The molecule has 3 N–H and O–H groups in total. The average Bonchev–Trinajstić information content (AvgIpc) is 3.49. The molecule has 5 rings (SSSR count). The van der Waals surface area contributed by atoms with E-state index in [-0.39, 0.29) is 25.5 Å². The number of methoxy groups -OCH3 is 2. The lowest BCUT2D eigenvalue weighted by atomic mass is 9.81. The molecule has 0 unspecified atom stereocenters. The molecule has 0 aromatic heterocycles. The lowest BCUT2D eigenvalue weighted by Gasteiger charge is -2.31. The molecule has 0 fully saturated rings. The number of carbonyl (C=O) groups excluding carboxylic acids is 1. The van der Waals surface area contributed by atoms with Crippen LogP contribution in [0.5, 0.6) is 17.2 Å². The van der Waals surface area contributed by atoms with Crippen molar-refractivity contribution < 1.29 is 28.8 Å². The van der Waals surface area contributed by atoms with Gasteiger partial charge in [-0.15, -0.1) is 0 Å². The summed E-state index contributed by atoms with van der Waals surface area (Å²) in [6, 6.07) is 29.2. The molecule has 1 aliphatic heterocycles. The van der Waals surface area contributed by atoms with Crippen molar-refractivity contribution in [1.29, 1.82) is 0 Å². The second-order valence-corrected chi connectivity index (χ2v) is 10.7. The predicted molar refractivity (Wildman–Crippen MR) is 177 cm³/mol. The first-order chi connectivity index (χ1) is 23.0. The highest BCUT2D eigenvalue weighted by molar-refractivity contribution is 6.01. The Hall–Kier alpha value is -5.55. The molecule has 1 amide bonds. The van der Waals surface area contributed by atoms with Gasteiger partial charge in [0.25, 0.3) is 5.91 Å². The van der Waals surface area contributed by atoms with Gasteiger partial charge in [-0.3, -0.25) is 10.2 Å².